The lowest BCUT2D eigenvalue weighted by Crippen LogP contribution is -2.23. The molecule has 17 heavy (non-hydrogen) atoms. The van der Waals surface area contributed by atoms with Crippen molar-refractivity contribution >= 4 is 15.7 Å². The fourth-order valence-electron chi connectivity index (χ4n) is 2.18. The minimum atomic E-state index is -3.58. The summed E-state index contributed by atoms with van der Waals surface area (Å²) in [7, 11) is -3.58. The number of sulfonamides is 1. The summed E-state index contributed by atoms with van der Waals surface area (Å²) in [5, 5.41) is 5.07. The molecule has 0 bridgehead atoms. The van der Waals surface area contributed by atoms with Gasteiger partial charge in [-0.3, -0.25) is 0 Å². The first-order valence-electron chi connectivity index (χ1n) is 5.95. The first-order valence-corrected chi connectivity index (χ1v) is 7.50. The highest BCUT2D eigenvalue weighted by Gasteiger charge is 2.11. The molecule has 0 amide bonds. The summed E-state index contributed by atoms with van der Waals surface area (Å²) in [6.07, 6.45) is 4.98. The molecule has 0 radical (unpaired) electrons. The molecule has 94 valence electrons. The van der Waals surface area contributed by atoms with Crippen molar-refractivity contribution in [1.29, 1.82) is 0 Å². The molecule has 4 nitrogen and oxygen atoms in total. The summed E-state index contributed by atoms with van der Waals surface area (Å²) in [5.41, 5.74) is 1.08. The van der Waals surface area contributed by atoms with Gasteiger partial charge in [-0.1, -0.05) is 12.8 Å². The van der Waals surface area contributed by atoms with E-state index < -0.39 is 10.0 Å². The van der Waals surface area contributed by atoms with Gasteiger partial charge in [0.1, 0.15) is 0 Å². The Hall–Kier alpha value is -1.07. The molecule has 1 aromatic carbocycles. The van der Waals surface area contributed by atoms with Crippen LogP contribution in [0.3, 0.4) is 0 Å². The topological polar surface area (TPSA) is 63.4 Å². The molecule has 0 atom stereocenters. The van der Waals surface area contributed by atoms with Crippen LogP contribution in [0.1, 0.15) is 25.7 Å². The van der Waals surface area contributed by atoms with E-state index in [1.165, 1.54) is 25.7 Å². The molecular weight excluding hydrogens is 236 g/mol. The van der Waals surface area contributed by atoms with Crippen molar-refractivity contribution in [1.82, 2.24) is 0 Å². The molecule has 0 unspecified atom stereocenters. The first-order chi connectivity index (χ1) is 8.07. The highest BCUT2D eigenvalue weighted by atomic mass is 32.2. The van der Waals surface area contributed by atoms with Crippen LogP contribution < -0.4 is 10.0 Å². The summed E-state index contributed by atoms with van der Waals surface area (Å²) in [6, 6.07) is 6.83. The van der Waals surface area contributed by atoms with Crippen LogP contribution in [0.25, 0.3) is 0 Å². The molecule has 5 heteroatoms. The van der Waals surface area contributed by atoms with Gasteiger partial charge in [-0.2, -0.15) is 0 Å². The fourth-order valence-corrected chi connectivity index (χ4v) is 2.69. The van der Waals surface area contributed by atoms with Gasteiger partial charge in [0.2, 0.25) is 10.0 Å². The fraction of sp³-hybridized carbons (Fsp3) is 0.500. The quantitative estimate of drug-likeness (QED) is 0.874. The molecule has 1 saturated heterocycles. The lowest BCUT2D eigenvalue weighted by atomic mass is 10.2. The molecule has 2 rings (SSSR count). The second kappa shape index (κ2) is 5.06. The smallest absolute Gasteiger partial charge is 0.238 e. The molecule has 1 aromatic rings. The Morgan fingerprint density at radius 2 is 1.47 bits per heavy atom. The zero-order chi connectivity index (χ0) is 12.3. The number of benzene rings is 1. The van der Waals surface area contributed by atoms with Crippen molar-refractivity contribution in [3.63, 3.8) is 0 Å². The Bertz CT molecular complexity index is 460. The van der Waals surface area contributed by atoms with Gasteiger partial charge in [0.25, 0.3) is 0 Å². The predicted octanol–water partition coefficient (Wildman–Crippen LogP) is 1.71. The molecule has 1 aliphatic heterocycles. The van der Waals surface area contributed by atoms with E-state index >= 15 is 0 Å². The predicted molar refractivity (Wildman–Crippen MR) is 68.5 cm³/mol. The maximum absolute atomic E-state index is 11.1. The molecule has 0 spiro atoms. The SMILES string of the molecule is NS(=O)(=O)c1ccc(N2CCCCCC2)cc1. The van der Waals surface area contributed by atoms with Crippen LogP contribution in [0.5, 0.6) is 0 Å². The maximum atomic E-state index is 11.1. The largest absolute Gasteiger partial charge is 0.372 e. The van der Waals surface area contributed by atoms with Gasteiger partial charge in [-0.15, -0.1) is 0 Å². The Labute approximate surface area is 102 Å². The molecule has 0 aromatic heterocycles. The van der Waals surface area contributed by atoms with Crippen LogP contribution >= 0.6 is 0 Å². The molecule has 1 heterocycles. The second-order valence-corrected chi connectivity index (χ2v) is 6.00. The van der Waals surface area contributed by atoms with Crippen molar-refractivity contribution < 1.29 is 8.42 Å². The number of nitrogens with two attached hydrogens (primary N) is 1. The van der Waals surface area contributed by atoms with Crippen LogP contribution in [-0.2, 0) is 10.0 Å². The molecule has 1 aliphatic rings. The van der Waals surface area contributed by atoms with Crippen LogP contribution in [0.2, 0.25) is 0 Å². The van der Waals surface area contributed by atoms with Crippen molar-refractivity contribution in [2.75, 3.05) is 18.0 Å². The van der Waals surface area contributed by atoms with Crippen molar-refractivity contribution in [3.05, 3.63) is 24.3 Å². The Kier molecular flexibility index (Phi) is 3.69. The summed E-state index contributed by atoms with van der Waals surface area (Å²) < 4.78 is 22.3. The monoisotopic (exact) mass is 254 g/mol. The minimum Gasteiger partial charge on any atom is -0.372 e. The third kappa shape index (κ3) is 3.20. The normalized spacial score (nSPS) is 17.8. The third-order valence-electron chi connectivity index (χ3n) is 3.14. The summed E-state index contributed by atoms with van der Waals surface area (Å²) in [5.74, 6) is 0. The summed E-state index contributed by atoms with van der Waals surface area (Å²) >= 11 is 0. The van der Waals surface area contributed by atoms with Gasteiger partial charge in [0, 0.05) is 18.8 Å². The van der Waals surface area contributed by atoms with Crippen molar-refractivity contribution in [2.45, 2.75) is 30.6 Å². The highest BCUT2D eigenvalue weighted by molar-refractivity contribution is 7.89. The lowest BCUT2D eigenvalue weighted by molar-refractivity contribution is 0.598. The minimum absolute atomic E-state index is 0.177. The third-order valence-corrected chi connectivity index (χ3v) is 4.07. The van der Waals surface area contributed by atoms with E-state index in [4.69, 9.17) is 5.14 Å². The van der Waals surface area contributed by atoms with E-state index in [-0.39, 0.29) is 4.90 Å². The van der Waals surface area contributed by atoms with E-state index in [9.17, 15) is 8.42 Å². The lowest BCUT2D eigenvalue weighted by Gasteiger charge is -2.22. The Morgan fingerprint density at radius 3 is 1.94 bits per heavy atom. The molecule has 1 fully saturated rings. The van der Waals surface area contributed by atoms with Crippen molar-refractivity contribution in [2.24, 2.45) is 5.14 Å². The van der Waals surface area contributed by atoms with E-state index in [2.05, 4.69) is 4.90 Å². The van der Waals surface area contributed by atoms with Crippen molar-refractivity contribution in [3.8, 4) is 0 Å². The molecule has 0 aliphatic carbocycles. The van der Waals surface area contributed by atoms with Gasteiger partial charge in [-0.05, 0) is 37.1 Å². The first kappa shape index (κ1) is 12.4. The zero-order valence-corrected chi connectivity index (χ0v) is 10.6. The van der Waals surface area contributed by atoms with E-state index in [0.29, 0.717) is 0 Å². The number of hydrogen-bond donors (Lipinski definition) is 1. The summed E-state index contributed by atoms with van der Waals surface area (Å²) in [6.45, 7) is 2.10. The zero-order valence-electron chi connectivity index (χ0n) is 9.80. The van der Waals surface area contributed by atoms with E-state index in [1.54, 1.807) is 12.1 Å². The van der Waals surface area contributed by atoms with Gasteiger partial charge in [-0.25, -0.2) is 13.6 Å². The maximum Gasteiger partial charge on any atom is 0.238 e. The molecular formula is C12H18N2O2S. The molecule has 0 saturated carbocycles. The highest BCUT2D eigenvalue weighted by Crippen LogP contribution is 2.20. The van der Waals surface area contributed by atoms with Gasteiger partial charge >= 0.3 is 0 Å². The standard InChI is InChI=1S/C12H18N2O2S/c13-17(15,16)12-7-5-11(6-8-12)14-9-3-1-2-4-10-14/h5-8H,1-4,9-10H2,(H2,13,15,16). The number of hydrogen-bond acceptors (Lipinski definition) is 3. The number of anilines is 1. The second-order valence-electron chi connectivity index (χ2n) is 4.44. The van der Waals surface area contributed by atoms with E-state index in [1.807, 2.05) is 12.1 Å². The number of primary sulfonamides is 1. The van der Waals surface area contributed by atoms with Gasteiger partial charge in [0.05, 0.1) is 4.90 Å². The van der Waals surface area contributed by atoms with Crippen LogP contribution in [-0.4, -0.2) is 21.5 Å². The molecule has 2 N–H and O–H groups in total. The Morgan fingerprint density at radius 1 is 0.941 bits per heavy atom. The Balaban J connectivity index is 2.17. The average molecular weight is 254 g/mol. The number of nitrogens with zero attached hydrogens (tertiary/aromatic N) is 1. The van der Waals surface area contributed by atoms with Crippen LogP contribution in [0, 0.1) is 0 Å². The van der Waals surface area contributed by atoms with Gasteiger partial charge in [0.15, 0.2) is 0 Å². The average Bonchev–Trinajstić information content (AvgIpc) is 2.56. The van der Waals surface area contributed by atoms with E-state index in [0.717, 1.165) is 18.8 Å². The van der Waals surface area contributed by atoms with Gasteiger partial charge < -0.3 is 4.90 Å². The van der Waals surface area contributed by atoms with Crippen LogP contribution in [0.4, 0.5) is 5.69 Å². The van der Waals surface area contributed by atoms with Crippen LogP contribution in [0.15, 0.2) is 29.2 Å². The summed E-state index contributed by atoms with van der Waals surface area (Å²) in [4.78, 5) is 2.48. The number of rotatable bonds is 2.